The third kappa shape index (κ3) is 2.29. The van der Waals surface area contributed by atoms with Crippen molar-refractivity contribution in [3.05, 3.63) is 57.9 Å². The number of hydrogen-bond acceptors (Lipinski definition) is 2. The maximum atomic E-state index is 13.2. The van der Waals surface area contributed by atoms with Crippen molar-refractivity contribution in [2.24, 2.45) is 0 Å². The lowest BCUT2D eigenvalue weighted by molar-refractivity contribution is 0.627. The van der Waals surface area contributed by atoms with Gasteiger partial charge in [-0.15, -0.1) is 0 Å². The molecule has 3 rings (SSSR count). The standard InChI is InChI=1S/C15H11FIN3/c16-10-6-7-11(12(17)8-10)14-13(15(18)20-19-14)9-4-2-1-3-5-9/h1-8H,(H3,18,19,20). The molecule has 0 unspecified atom stereocenters. The van der Waals surface area contributed by atoms with E-state index in [2.05, 4.69) is 32.8 Å². The second-order valence-electron chi connectivity index (χ2n) is 4.35. The highest BCUT2D eigenvalue weighted by molar-refractivity contribution is 14.1. The van der Waals surface area contributed by atoms with E-state index in [1.54, 1.807) is 6.07 Å². The van der Waals surface area contributed by atoms with Crippen molar-refractivity contribution in [2.75, 3.05) is 5.73 Å². The molecule has 100 valence electrons. The van der Waals surface area contributed by atoms with Crippen LogP contribution in [0, 0.1) is 9.39 Å². The van der Waals surface area contributed by atoms with E-state index in [0.29, 0.717) is 5.82 Å². The largest absolute Gasteiger partial charge is 0.382 e. The van der Waals surface area contributed by atoms with Crippen LogP contribution < -0.4 is 5.73 Å². The van der Waals surface area contributed by atoms with Crippen molar-refractivity contribution < 1.29 is 4.39 Å². The summed E-state index contributed by atoms with van der Waals surface area (Å²) in [5.41, 5.74) is 9.48. The maximum Gasteiger partial charge on any atom is 0.153 e. The van der Waals surface area contributed by atoms with Crippen LogP contribution >= 0.6 is 22.6 Å². The number of nitrogens with one attached hydrogen (secondary N) is 1. The summed E-state index contributed by atoms with van der Waals surface area (Å²) in [6.07, 6.45) is 0. The molecule has 0 fully saturated rings. The monoisotopic (exact) mass is 379 g/mol. The molecule has 1 aromatic heterocycles. The first kappa shape index (κ1) is 13.1. The number of nitrogen functional groups attached to an aromatic ring is 1. The fraction of sp³-hybridized carbons (Fsp3) is 0. The highest BCUT2D eigenvalue weighted by atomic mass is 127. The van der Waals surface area contributed by atoms with Crippen molar-refractivity contribution >= 4 is 28.4 Å². The number of anilines is 1. The Morgan fingerprint density at radius 3 is 2.55 bits per heavy atom. The smallest absolute Gasteiger partial charge is 0.153 e. The van der Waals surface area contributed by atoms with Crippen LogP contribution in [0.15, 0.2) is 48.5 Å². The molecule has 0 saturated carbocycles. The normalized spacial score (nSPS) is 10.7. The Balaban J connectivity index is 2.21. The molecular weight excluding hydrogens is 368 g/mol. The highest BCUT2D eigenvalue weighted by Gasteiger charge is 2.16. The van der Waals surface area contributed by atoms with Gasteiger partial charge in [0.2, 0.25) is 0 Å². The van der Waals surface area contributed by atoms with Gasteiger partial charge in [0.1, 0.15) is 5.82 Å². The van der Waals surface area contributed by atoms with Crippen molar-refractivity contribution in [3.8, 4) is 22.4 Å². The first-order valence-corrected chi connectivity index (χ1v) is 7.09. The Kier molecular flexibility index (Phi) is 3.43. The van der Waals surface area contributed by atoms with Gasteiger partial charge in [-0.2, -0.15) is 5.10 Å². The molecule has 3 nitrogen and oxygen atoms in total. The van der Waals surface area contributed by atoms with Crippen LogP contribution in [-0.2, 0) is 0 Å². The van der Waals surface area contributed by atoms with Gasteiger partial charge >= 0.3 is 0 Å². The van der Waals surface area contributed by atoms with Gasteiger partial charge in [-0.1, -0.05) is 30.3 Å². The molecule has 0 bridgehead atoms. The van der Waals surface area contributed by atoms with Gasteiger partial charge in [0.15, 0.2) is 5.82 Å². The predicted octanol–water partition coefficient (Wildman–Crippen LogP) is 4.07. The van der Waals surface area contributed by atoms with E-state index < -0.39 is 0 Å². The van der Waals surface area contributed by atoms with Gasteiger partial charge in [0.05, 0.1) is 11.3 Å². The van der Waals surface area contributed by atoms with Crippen LogP contribution in [0.25, 0.3) is 22.4 Å². The molecule has 0 aliphatic carbocycles. The van der Waals surface area contributed by atoms with E-state index >= 15 is 0 Å². The van der Waals surface area contributed by atoms with Crippen molar-refractivity contribution in [2.45, 2.75) is 0 Å². The number of halogens is 2. The van der Waals surface area contributed by atoms with Crippen LogP contribution in [0.3, 0.4) is 0 Å². The van der Waals surface area contributed by atoms with Gasteiger partial charge in [0, 0.05) is 9.13 Å². The molecule has 0 amide bonds. The topological polar surface area (TPSA) is 54.7 Å². The van der Waals surface area contributed by atoms with Gasteiger partial charge in [-0.3, -0.25) is 5.10 Å². The van der Waals surface area contributed by atoms with E-state index in [1.165, 1.54) is 12.1 Å². The highest BCUT2D eigenvalue weighted by Crippen LogP contribution is 2.36. The fourth-order valence-electron chi connectivity index (χ4n) is 2.14. The second-order valence-corrected chi connectivity index (χ2v) is 5.51. The summed E-state index contributed by atoms with van der Waals surface area (Å²) in [5, 5.41) is 7.04. The summed E-state index contributed by atoms with van der Waals surface area (Å²) >= 11 is 2.11. The Hall–Kier alpha value is -1.89. The quantitative estimate of drug-likeness (QED) is 0.660. The van der Waals surface area contributed by atoms with Crippen molar-refractivity contribution in [1.82, 2.24) is 10.2 Å². The zero-order valence-corrected chi connectivity index (χ0v) is 12.6. The zero-order valence-electron chi connectivity index (χ0n) is 10.4. The number of aromatic amines is 1. The minimum atomic E-state index is -0.258. The molecule has 0 radical (unpaired) electrons. The molecule has 3 aromatic rings. The van der Waals surface area contributed by atoms with E-state index in [-0.39, 0.29) is 5.82 Å². The third-order valence-electron chi connectivity index (χ3n) is 3.06. The second kappa shape index (κ2) is 5.24. The number of aromatic nitrogens is 2. The minimum Gasteiger partial charge on any atom is -0.382 e. The SMILES string of the molecule is Nc1n[nH]c(-c2ccc(F)cc2I)c1-c1ccccc1. The zero-order chi connectivity index (χ0) is 14.1. The molecular formula is C15H11FIN3. The molecule has 20 heavy (non-hydrogen) atoms. The molecule has 3 N–H and O–H groups in total. The number of rotatable bonds is 2. The maximum absolute atomic E-state index is 13.2. The Labute approximate surface area is 129 Å². The Morgan fingerprint density at radius 1 is 1.10 bits per heavy atom. The van der Waals surface area contributed by atoms with Crippen LogP contribution in [0.2, 0.25) is 0 Å². The minimum absolute atomic E-state index is 0.258. The lowest BCUT2D eigenvalue weighted by Crippen LogP contribution is -1.90. The van der Waals surface area contributed by atoms with Gasteiger partial charge in [-0.25, -0.2) is 4.39 Å². The number of H-pyrrole nitrogens is 1. The summed E-state index contributed by atoms with van der Waals surface area (Å²) in [5.74, 6) is 0.179. The number of nitrogens with two attached hydrogens (primary N) is 1. The first-order chi connectivity index (χ1) is 9.66. The third-order valence-corrected chi connectivity index (χ3v) is 3.95. The van der Waals surface area contributed by atoms with E-state index in [9.17, 15) is 4.39 Å². The first-order valence-electron chi connectivity index (χ1n) is 6.01. The van der Waals surface area contributed by atoms with Crippen LogP contribution in [0.4, 0.5) is 10.2 Å². The number of benzene rings is 2. The molecule has 0 aliphatic heterocycles. The van der Waals surface area contributed by atoms with Crippen molar-refractivity contribution in [3.63, 3.8) is 0 Å². The van der Waals surface area contributed by atoms with Gasteiger partial charge in [0.25, 0.3) is 0 Å². The molecule has 0 spiro atoms. The lowest BCUT2D eigenvalue weighted by atomic mass is 10.0. The average molecular weight is 379 g/mol. The summed E-state index contributed by atoms with van der Waals surface area (Å²) in [6.45, 7) is 0. The average Bonchev–Trinajstić information content (AvgIpc) is 2.81. The van der Waals surface area contributed by atoms with E-state index in [0.717, 1.165) is 26.0 Å². The Morgan fingerprint density at radius 2 is 1.85 bits per heavy atom. The molecule has 2 aromatic carbocycles. The molecule has 0 saturated heterocycles. The van der Waals surface area contributed by atoms with Crippen LogP contribution in [0.5, 0.6) is 0 Å². The van der Waals surface area contributed by atoms with Crippen molar-refractivity contribution in [1.29, 1.82) is 0 Å². The Bertz CT molecular complexity index is 753. The summed E-state index contributed by atoms with van der Waals surface area (Å²) < 4.78 is 14.0. The number of hydrogen-bond donors (Lipinski definition) is 2. The number of nitrogens with zero attached hydrogens (tertiary/aromatic N) is 1. The molecule has 0 atom stereocenters. The van der Waals surface area contributed by atoms with E-state index in [4.69, 9.17) is 5.73 Å². The summed E-state index contributed by atoms with van der Waals surface area (Å²) in [7, 11) is 0. The van der Waals surface area contributed by atoms with Crippen LogP contribution in [0.1, 0.15) is 0 Å². The fourth-order valence-corrected chi connectivity index (χ4v) is 2.89. The summed E-state index contributed by atoms with van der Waals surface area (Å²) in [4.78, 5) is 0. The summed E-state index contributed by atoms with van der Waals surface area (Å²) in [6, 6.07) is 14.4. The van der Waals surface area contributed by atoms with E-state index in [1.807, 2.05) is 30.3 Å². The lowest BCUT2D eigenvalue weighted by Gasteiger charge is -2.07. The molecule has 5 heteroatoms. The molecule has 0 aliphatic rings. The van der Waals surface area contributed by atoms with Gasteiger partial charge < -0.3 is 5.73 Å². The van der Waals surface area contributed by atoms with Crippen LogP contribution in [-0.4, -0.2) is 10.2 Å². The predicted molar refractivity (Wildman–Crippen MR) is 86.5 cm³/mol. The molecule has 1 heterocycles. The van der Waals surface area contributed by atoms with Gasteiger partial charge in [-0.05, 0) is 46.4 Å².